The maximum absolute atomic E-state index is 11.8. The van der Waals surface area contributed by atoms with Crippen molar-refractivity contribution in [2.75, 3.05) is 17.7 Å². The first-order valence-corrected chi connectivity index (χ1v) is 6.47. The van der Waals surface area contributed by atoms with Gasteiger partial charge in [-0.2, -0.15) is 0 Å². The van der Waals surface area contributed by atoms with Gasteiger partial charge in [0.2, 0.25) is 0 Å². The van der Waals surface area contributed by atoms with Crippen molar-refractivity contribution in [3.05, 3.63) is 53.1 Å². The number of hydrogen-bond donors (Lipinski definition) is 2. The molecule has 4 nitrogen and oxygen atoms in total. The highest BCUT2D eigenvalue weighted by molar-refractivity contribution is 6.32. The van der Waals surface area contributed by atoms with E-state index in [0.717, 1.165) is 11.3 Å². The van der Waals surface area contributed by atoms with Gasteiger partial charge in [-0.25, -0.2) is 0 Å². The summed E-state index contributed by atoms with van der Waals surface area (Å²) < 4.78 is 5.36. The van der Waals surface area contributed by atoms with Crippen molar-refractivity contribution >= 4 is 28.9 Å². The zero-order valence-corrected chi connectivity index (χ0v) is 11.8. The molecule has 0 unspecified atom stereocenters. The number of carbonyl (C=O) groups is 1. The number of anilines is 2. The van der Waals surface area contributed by atoms with Crippen molar-refractivity contribution in [2.45, 2.75) is 6.92 Å². The summed E-state index contributed by atoms with van der Waals surface area (Å²) in [5.41, 5.74) is 7.94. The number of halogens is 1. The Balaban J connectivity index is 1.96. The number of aryl methyl sites for hydroxylation is 1. The second kappa shape index (κ2) is 6.30. The highest BCUT2D eigenvalue weighted by Gasteiger charge is 2.09. The number of nitrogen functional groups attached to an aromatic ring is 1. The number of hydrogen-bond acceptors (Lipinski definition) is 3. The van der Waals surface area contributed by atoms with Crippen LogP contribution in [0.15, 0.2) is 42.5 Å². The molecular weight excluding hydrogens is 276 g/mol. The molecule has 0 aliphatic rings. The smallest absolute Gasteiger partial charge is 0.262 e. The van der Waals surface area contributed by atoms with Gasteiger partial charge in [0.05, 0.1) is 10.7 Å². The van der Waals surface area contributed by atoms with Crippen molar-refractivity contribution in [1.29, 1.82) is 0 Å². The van der Waals surface area contributed by atoms with E-state index >= 15 is 0 Å². The molecule has 0 aliphatic carbocycles. The Hall–Kier alpha value is -2.20. The molecule has 0 bridgehead atoms. The molecule has 0 heterocycles. The average molecular weight is 291 g/mol. The van der Waals surface area contributed by atoms with E-state index < -0.39 is 0 Å². The molecule has 20 heavy (non-hydrogen) atoms. The van der Waals surface area contributed by atoms with Gasteiger partial charge in [0.25, 0.3) is 5.91 Å². The number of ether oxygens (including phenoxy) is 1. The molecule has 5 heteroatoms. The SMILES string of the molecule is Cc1cccc(NC(=O)COc2c(N)cccc2Cl)c1. The number of amides is 1. The Morgan fingerprint density at radius 2 is 2.05 bits per heavy atom. The second-order valence-corrected chi connectivity index (χ2v) is 4.77. The molecular formula is C15H15ClN2O2. The number of para-hydroxylation sites is 1. The normalized spacial score (nSPS) is 10.1. The van der Waals surface area contributed by atoms with E-state index in [1.807, 2.05) is 31.2 Å². The lowest BCUT2D eigenvalue weighted by atomic mass is 10.2. The van der Waals surface area contributed by atoms with Crippen molar-refractivity contribution in [3.63, 3.8) is 0 Å². The summed E-state index contributed by atoms with van der Waals surface area (Å²) in [6.45, 7) is 1.80. The molecule has 3 N–H and O–H groups in total. The van der Waals surface area contributed by atoms with E-state index in [0.29, 0.717) is 16.5 Å². The number of carbonyl (C=O) groups excluding carboxylic acids is 1. The fourth-order valence-electron chi connectivity index (χ4n) is 1.74. The van der Waals surface area contributed by atoms with Crippen LogP contribution in [0.4, 0.5) is 11.4 Å². The topological polar surface area (TPSA) is 64.3 Å². The van der Waals surface area contributed by atoms with Crippen LogP contribution in [0, 0.1) is 6.92 Å². The molecule has 0 aliphatic heterocycles. The summed E-state index contributed by atoms with van der Waals surface area (Å²) in [4.78, 5) is 11.8. The van der Waals surface area contributed by atoms with Crippen LogP contribution in [0.3, 0.4) is 0 Å². The van der Waals surface area contributed by atoms with Gasteiger partial charge in [-0.1, -0.05) is 29.8 Å². The fourth-order valence-corrected chi connectivity index (χ4v) is 1.97. The molecule has 2 aromatic rings. The Bertz CT molecular complexity index is 609. The largest absolute Gasteiger partial charge is 0.480 e. The van der Waals surface area contributed by atoms with Gasteiger partial charge in [-0.3, -0.25) is 4.79 Å². The van der Waals surface area contributed by atoms with Crippen LogP contribution < -0.4 is 15.8 Å². The summed E-state index contributed by atoms with van der Waals surface area (Å²) in [7, 11) is 0. The van der Waals surface area contributed by atoms with Gasteiger partial charge in [0, 0.05) is 5.69 Å². The van der Waals surface area contributed by atoms with Crippen LogP contribution in [-0.4, -0.2) is 12.5 Å². The first kappa shape index (κ1) is 14.2. The summed E-state index contributed by atoms with van der Waals surface area (Å²) in [5.74, 6) is 0.0588. The lowest BCUT2D eigenvalue weighted by Crippen LogP contribution is -2.20. The first-order chi connectivity index (χ1) is 9.56. The Labute approximate surface area is 122 Å². The van der Waals surface area contributed by atoms with Gasteiger partial charge < -0.3 is 15.8 Å². The van der Waals surface area contributed by atoms with E-state index in [9.17, 15) is 4.79 Å². The van der Waals surface area contributed by atoms with E-state index in [-0.39, 0.29) is 12.5 Å². The Kier molecular flexibility index (Phi) is 4.48. The predicted octanol–water partition coefficient (Wildman–Crippen LogP) is 3.25. The maximum atomic E-state index is 11.8. The van der Waals surface area contributed by atoms with Crippen molar-refractivity contribution < 1.29 is 9.53 Å². The molecule has 0 atom stereocenters. The van der Waals surface area contributed by atoms with Crippen LogP contribution in [0.5, 0.6) is 5.75 Å². The summed E-state index contributed by atoms with van der Waals surface area (Å²) in [5, 5.41) is 3.13. The second-order valence-electron chi connectivity index (χ2n) is 4.36. The van der Waals surface area contributed by atoms with Crippen LogP contribution in [0.2, 0.25) is 5.02 Å². The lowest BCUT2D eigenvalue weighted by molar-refractivity contribution is -0.118. The van der Waals surface area contributed by atoms with Gasteiger partial charge in [-0.15, -0.1) is 0 Å². The molecule has 104 valence electrons. The zero-order valence-electron chi connectivity index (χ0n) is 11.0. The standard InChI is InChI=1S/C15H15ClN2O2/c1-10-4-2-5-11(8-10)18-14(19)9-20-15-12(16)6-3-7-13(15)17/h2-8H,9,17H2,1H3,(H,18,19). The van der Waals surface area contributed by atoms with E-state index in [4.69, 9.17) is 22.1 Å². The summed E-state index contributed by atoms with van der Waals surface area (Å²) in [6.07, 6.45) is 0. The van der Waals surface area contributed by atoms with Crippen LogP contribution >= 0.6 is 11.6 Å². The molecule has 0 aromatic heterocycles. The van der Waals surface area contributed by atoms with Gasteiger partial charge in [-0.05, 0) is 36.8 Å². The third-order valence-electron chi connectivity index (χ3n) is 2.65. The van der Waals surface area contributed by atoms with Crippen molar-refractivity contribution in [2.24, 2.45) is 0 Å². The maximum Gasteiger partial charge on any atom is 0.262 e. The molecule has 2 rings (SSSR count). The molecule has 2 aromatic carbocycles. The van der Waals surface area contributed by atoms with Crippen LogP contribution in [-0.2, 0) is 4.79 Å². The van der Waals surface area contributed by atoms with Crippen LogP contribution in [0.1, 0.15) is 5.56 Å². The zero-order chi connectivity index (χ0) is 14.5. The molecule has 0 saturated carbocycles. The van der Waals surface area contributed by atoms with E-state index in [2.05, 4.69) is 5.32 Å². The third-order valence-corrected chi connectivity index (χ3v) is 2.94. The summed E-state index contributed by atoms with van der Waals surface area (Å²) >= 11 is 5.96. The number of nitrogens with two attached hydrogens (primary N) is 1. The van der Waals surface area contributed by atoms with Crippen molar-refractivity contribution in [3.8, 4) is 5.75 Å². The molecule has 0 radical (unpaired) electrons. The monoisotopic (exact) mass is 290 g/mol. The minimum Gasteiger partial charge on any atom is -0.480 e. The molecule has 0 fully saturated rings. The predicted molar refractivity (Wildman–Crippen MR) is 81.2 cm³/mol. The van der Waals surface area contributed by atoms with Gasteiger partial charge in [0.15, 0.2) is 12.4 Å². The van der Waals surface area contributed by atoms with E-state index in [1.165, 1.54) is 0 Å². The number of nitrogens with one attached hydrogen (secondary N) is 1. The van der Waals surface area contributed by atoms with Gasteiger partial charge in [0.1, 0.15) is 0 Å². The van der Waals surface area contributed by atoms with Gasteiger partial charge >= 0.3 is 0 Å². The minimum absolute atomic E-state index is 0.151. The molecule has 0 saturated heterocycles. The van der Waals surface area contributed by atoms with E-state index in [1.54, 1.807) is 18.2 Å². The minimum atomic E-state index is -0.269. The highest BCUT2D eigenvalue weighted by atomic mass is 35.5. The number of rotatable bonds is 4. The molecule has 0 spiro atoms. The third kappa shape index (κ3) is 3.65. The Morgan fingerprint density at radius 3 is 2.75 bits per heavy atom. The Morgan fingerprint density at radius 1 is 1.30 bits per heavy atom. The molecule has 1 amide bonds. The quantitative estimate of drug-likeness (QED) is 0.850. The number of benzene rings is 2. The summed E-state index contributed by atoms with van der Waals surface area (Å²) in [6, 6.07) is 12.6. The average Bonchev–Trinajstić information content (AvgIpc) is 2.38. The highest BCUT2D eigenvalue weighted by Crippen LogP contribution is 2.30. The van der Waals surface area contributed by atoms with Crippen molar-refractivity contribution in [1.82, 2.24) is 0 Å². The van der Waals surface area contributed by atoms with Crippen LogP contribution in [0.25, 0.3) is 0 Å². The lowest BCUT2D eigenvalue weighted by Gasteiger charge is -2.11. The fraction of sp³-hybridized carbons (Fsp3) is 0.133. The first-order valence-electron chi connectivity index (χ1n) is 6.09.